The third-order valence-electron chi connectivity index (χ3n) is 5.44. The standard InChI is InChI=1S/C26H29FN2O/c1-18-9-11-20(12-10-18)13-16-24(22-14-15-23(27)19(2)17-22)29-25(26(30)28-3)21-7-5-4-6-8-21/h4-12,14-15,17,24-25,29H,13,16H2,1-3H3,(H,28,30)/t24-,25-/m1/s1. The van der Waals surface area contributed by atoms with Crippen molar-refractivity contribution in [3.05, 3.63) is 106 Å². The third kappa shape index (κ3) is 5.55. The Labute approximate surface area is 178 Å². The van der Waals surface area contributed by atoms with Gasteiger partial charge in [-0.25, -0.2) is 4.39 Å². The molecule has 0 aliphatic carbocycles. The molecule has 2 atom stereocenters. The van der Waals surface area contributed by atoms with Crippen LogP contribution in [0.3, 0.4) is 0 Å². The van der Waals surface area contributed by atoms with E-state index >= 15 is 0 Å². The topological polar surface area (TPSA) is 41.1 Å². The quantitative estimate of drug-likeness (QED) is 0.542. The van der Waals surface area contributed by atoms with E-state index in [1.807, 2.05) is 36.4 Å². The molecule has 3 aromatic carbocycles. The smallest absolute Gasteiger partial charge is 0.241 e. The fourth-order valence-corrected chi connectivity index (χ4v) is 3.61. The van der Waals surface area contributed by atoms with Crippen molar-refractivity contribution in [1.82, 2.24) is 10.6 Å². The average molecular weight is 405 g/mol. The van der Waals surface area contributed by atoms with Crippen LogP contribution in [0.4, 0.5) is 4.39 Å². The predicted octanol–water partition coefficient (Wildman–Crippen LogP) is 5.19. The first-order valence-corrected chi connectivity index (χ1v) is 10.3. The summed E-state index contributed by atoms with van der Waals surface area (Å²) in [6, 6.07) is 22.7. The first kappa shape index (κ1) is 21.7. The van der Waals surface area contributed by atoms with Crippen molar-refractivity contribution in [2.45, 2.75) is 38.8 Å². The van der Waals surface area contributed by atoms with Gasteiger partial charge in [0.25, 0.3) is 0 Å². The Bertz CT molecular complexity index is 970. The van der Waals surface area contributed by atoms with Gasteiger partial charge in [0, 0.05) is 13.1 Å². The van der Waals surface area contributed by atoms with Crippen LogP contribution in [0.1, 0.15) is 46.3 Å². The highest BCUT2D eigenvalue weighted by Gasteiger charge is 2.24. The lowest BCUT2D eigenvalue weighted by Crippen LogP contribution is -2.38. The Kier molecular flexibility index (Phi) is 7.36. The van der Waals surface area contributed by atoms with Gasteiger partial charge in [-0.2, -0.15) is 0 Å². The maximum atomic E-state index is 13.9. The highest BCUT2D eigenvalue weighted by Crippen LogP contribution is 2.26. The highest BCUT2D eigenvalue weighted by molar-refractivity contribution is 5.83. The molecule has 0 bridgehead atoms. The summed E-state index contributed by atoms with van der Waals surface area (Å²) >= 11 is 0. The summed E-state index contributed by atoms with van der Waals surface area (Å²) in [5.41, 5.74) is 4.95. The molecule has 0 saturated carbocycles. The zero-order valence-corrected chi connectivity index (χ0v) is 17.8. The molecule has 0 unspecified atom stereocenters. The lowest BCUT2D eigenvalue weighted by atomic mass is 9.95. The molecule has 3 nitrogen and oxygen atoms in total. The van der Waals surface area contributed by atoms with E-state index in [0.717, 1.165) is 24.0 Å². The van der Waals surface area contributed by atoms with Crippen LogP contribution in [0.25, 0.3) is 0 Å². The van der Waals surface area contributed by atoms with Gasteiger partial charge >= 0.3 is 0 Å². The van der Waals surface area contributed by atoms with Crippen molar-refractivity contribution in [3.8, 4) is 0 Å². The SMILES string of the molecule is CNC(=O)[C@H](N[C@H](CCc1ccc(C)cc1)c1ccc(F)c(C)c1)c1ccccc1. The van der Waals surface area contributed by atoms with Crippen molar-refractivity contribution in [2.75, 3.05) is 7.05 Å². The van der Waals surface area contributed by atoms with Crippen LogP contribution in [-0.2, 0) is 11.2 Å². The first-order chi connectivity index (χ1) is 14.5. The molecule has 1 amide bonds. The Morgan fingerprint density at radius 3 is 2.27 bits per heavy atom. The van der Waals surface area contributed by atoms with Crippen molar-refractivity contribution in [2.24, 2.45) is 0 Å². The third-order valence-corrected chi connectivity index (χ3v) is 5.44. The molecule has 3 aromatic rings. The van der Waals surface area contributed by atoms with E-state index in [2.05, 4.69) is 41.8 Å². The van der Waals surface area contributed by atoms with E-state index in [1.165, 1.54) is 17.2 Å². The largest absolute Gasteiger partial charge is 0.358 e. The zero-order chi connectivity index (χ0) is 21.5. The predicted molar refractivity (Wildman–Crippen MR) is 120 cm³/mol. The lowest BCUT2D eigenvalue weighted by molar-refractivity contribution is -0.123. The fourth-order valence-electron chi connectivity index (χ4n) is 3.61. The van der Waals surface area contributed by atoms with E-state index < -0.39 is 6.04 Å². The molecule has 0 heterocycles. The number of benzene rings is 3. The van der Waals surface area contributed by atoms with Gasteiger partial charge in [-0.1, -0.05) is 72.3 Å². The minimum Gasteiger partial charge on any atom is -0.358 e. The fraction of sp³-hybridized carbons (Fsp3) is 0.269. The van der Waals surface area contributed by atoms with Crippen LogP contribution in [0.2, 0.25) is 0 Å². The summed E-state index contributed by atoms with van der Waals surface area (Å²) < 4.78 is 13.9. The number of likely N-dealkylation sites (N-methyl/N-ethyl adjacent to an activating group) is 1. The molecule has 0 aliphatic heterocycles. The van der Waals surface area contributed by atoms with Crippen molar-refractivity contribution >= 4 is 5.91 Å². The minimum absolute atomic E-state index is 0.0969. The number of amides is 1. The van der Waals surface area contributed by atoms with E-state index in [-0.39, 0.29) is 17.8 Å². The monoisotopic (exact) mass is 404 g/mol. The van der Waals surface area contributed by atoms with Gasteiger partial charge in [0.1, 0.15) is 11.9 Å². The average Bonchev–Trinajstić information content (AvgIpc) is 2.77. The molecule has 0 aromatic heterocycles. The molecule has 4 heteroatoms. The lowest BCUT2D eigenvalue weighted by Gasteiger charge is -2.26. The van der Waals surface area contributed by atoms with Crippen LogP contribution in [0.15, 0.2) is 72.8 Å². The van der Waals surface area contributed by atoms with Crippen LogP contribution in [-0.4, -0.2) is 13.0 Å². The molecule has 0 fully saturated rings. The van der Waals surface area contributed by atoms with Gasteiger partial charge in [0.2, 0.25) is 5.91 Å². The summed E-state index contributed by atoms with van der Waals surface area (Å²) in [5, 5.41) is 6.29. The Morgan fingerprint density at radius 1 is 0.933 bits per heavy atom. The van der Waals surface area contributed by atoms with Gasteiger partial charge in [-0.15, -0.1) is 0 Å². The Hall–Kier alpha value is -2.98. The van der Waals surface area contributed by atoms with E-state index in [9.17, 15) is 9.18 Å². The highest BCUT2D eigenvalue weighted by atomic mass is 19.1. The van der Waals surface area contributed by atoms with Crippen LogP contribution in [0.5, 0.6) is 0 Å². The number of halogens is 1. The van der Waals surface area contributed by atoms with E-state index in [1.54, 1.807) is 20.0 Å². The summed E-state index contributed by atoms with van der Waals surface area (Å²) in [6.45, 7) is 3.84. The molecular formula is C26H29FN2O. The second-order valence-corrected chi connectivity index (χ2v) is 7.71. The Morgan fingerprint density at radius 2 is 1.63 bits per heavy atom. The molecule has 156 valence electrons. The van der Waals surface area contributed by atoms with Crippen molar-refractivity contribution in [3.63, 3.8) is 0 Å². The molecular weight excluding hydrogens is 375 g/mol. The maximum Gasteiger partial charge on any atom is 0.241 e. The molecule has 30 heavy (non-hydrogen) atoms. The summed E-state index contributed by atoms with van der Waals surface area (Å²) in [5.74, 6) is -0.317. The second-order valence-electron chi connectivity index (χ2n) is 7.71. The number of aryl methyl sites for hydroxylation is 3. The van der Waals surface area contributed by atoms with Crippen LogP contribution < -0.4 is 10.6 Å². The maximum absolute atomic E-state index is 13.9. The summed E-state index contributed by atoms with van der Waals surface area (Å²) in [6.07, 6.45) is 1.64. The van der Waals surface area contributed by atoms with Gasteiger partial charge in [-0.3, -0.25) is 10.1 Å². The molecule has 0 saturated heterocycles. The van der Waals surface area contributed by atoms with Gasteiger partial charge in [-0.05, 0) is 55.0 Å². The first-order valence-electron chi connectivity index (χ1n) is 10.3. The van der Waals surface area contributed by atoms with Gasteiger partial charge < -0.3 is 5.32 Å². The van der Waals surface area contributed by atoms with E-state index in [4.69, 9.17) is 0 Å². The van der Waals surface area contributed by atoms with Gasteiger partial charge in [0.05, 0.1) is 0 Å². The van der Waals surface area contributed by atoms with Gasteiger partial charge in [0.15, 0.2) is 0 Å². The summed E-state index contributed by atoms with van der Waals surface area (Å²) in [4.78, 5) is 12.7. The molecule has 0 aliphatic rings. The molecule has 0 radical (unpaired) electrons. The van der Waals surface area contributed by atoms with Crippen molar-refractivity contribution in [1.29, 1.82) is 0 Å². The number of carbonyl (C=O) groups is 1. The Balaban J connectivity index is 1.89. The number of hydrogen-bond donors (Lipinski definition) is 2. The van der Waals surface area contributed by atoms with Crippen molar-refractivity contribution < 1.29 is 9.18 Å². The van der Waals surface area contributed by atoms with Crippen LogP contribution in [0, 0.1) is 19.7 Å². The number of hydrogen-bond acceptors (Lipinski definition) is 2. The molecule has 2 N–H and O–H groups in total. The minimum atomic E-state index is -0.496. The number of rotatable bonds is 8. The molecule has 0 spiro atoms. The number of carbonyl (C=O) groups excluding carboxylic acids is 1. The van der Waals surface area contributed by atoms with E-state index in [0.29, 0.717) is 5.56 Å². The number of nitrogens with one attached hydrogen (secondary N) is 2. The van der Waals surface area contributed by atoms with Crippen LogP contribution >= 0.6 is 0 Å². The second kappa shape index (κ2) is 10.2. The zero-order valence-electron chi connectivity index (χ0n) is 17.8. The molecule has 3 rings (SSSR count). The summed E-state index contributed by atoms with van der Waals surface area (Å²) in [7, 11) is 1.64. The normalized spacial score (nSPS) is 12.9.